The third kappa shape index (κ3) is 4.39. The zero-order valence-electron chi connectivity index (χ0n) is 10.1. The Labute approximate surface area is 102 Å². The molecule has 0 aliphatic rings. The Morgan fingerprint density at radius 3 is 2.69 bits per heavy atom. The highest BCUT2D eigenvalue weighted by Crippen LogP contribution is 2.24. The van der Waals surface area contributed by atoms with Gasteiger partial charge in [-0.25, -0.2) is 0 Å². The summed E-state index contributed by atoms with van der Waals surface area (Å²) >= 11 is 6.03. The minimum atomic E-state index is 0.661. The van der Waals surface area contributed by atoms with Gasteiger partial charge in [0, 0.05) is 19.6 Å². The molecule has 0 aromatic heterocycles. The van der Waals surface area contributed by atoms with Crippen molar-refractivity contribution in [2.45, 2.75) is 6.54 Å². The molecular formula is C12H19ClN2O. The summed E-state index contributed by atoms with van der Waals surface area (Å²) in [6.07, 6.45) is 0. The van der Waals surface area contributed by atoms with E-state index in [1.165, 1.54) is 5.56 Å². The number of halogens is 1. The summed E-state index contributed by atoms with van der Waals surface area (Å²) in [6.45, 7) is 2.83. The normalized spacial score (nSPS) is 10.8. The lowest BCUT2D eigenvalue weighted by Gasteiger charge is -2.11. The van der Waals surface area contributed by atoms with Crippen LogP contribution in [0.2, 0.25) is 5.02 Å². The highest BCUT2D eigenvalue weighted by molar-refractivity contribution is 6.32. The maximum Gasteiger partial charge on any atom is 0.137 e. The Hall–Kier alpha value is -0.770. The lowest BCUT2D eigenvalue weighted by molar-refractivity contribution is 0.399. The van der Waals surface area contributed by atoms with E-state index in [1.54, 1.807) is 7.11 Å². The van der Waals surface area contributed by atoms with E-state index in [1.807, 2.05) is 18.2 Å². The third-order valence-corrected chi connectivity index (χ3v) is 2.58. The smallest absolute Gasteiger partial charge is 0.137 e. The van der Waals surface area contributed by atoms with Crippen molar-refractivity contribution in [2.75, 3.05) is 34.3 Å². The molecule has 1 aromatic carbocycles. The molecule has 16 heavy (non-hydrogen) atoms. The highest BCUT2D eigenvalue weighted by Gasteiger charge is 2.01. The molecule has 0 heterocycles. The van der Waals surface area contributed by atoms with Crippen molar-refractivity contribution in [3.05, 3.63) is 28.8 Å². The minimum Gasteiger partial charge on any atom is -0.495 e. The molecule has 1 rings (SSSR count). The third-order valence-electron chi connectivity index (χ3n) is 2.28. The van der Waals surface area contributed by atoms with Gasteiger partial charge in [-0.2, -0.15) is 0 Å². The van der Waals surface area contributed by atoms with Crippen molar-refractivity contribution in [3.63, 3.8) is 0 Å². The number of likely N-dealkylation sites (N-methyl/N-ethyl adjacent to an activating group) is 1. The van der Waals surface area contributed by atoms with Crippen LogP contribution in [0.15, 0.2) is 18.2 Å². The van der Waals surface area contributed by atoms with Gasteiger partial charge >= 0.3 is 0 Å². The van der Waals surface area contributed by atoms with E-state index in [0.717, 1.165) is 25.4 Å². The fourth-order valence-corrected chi connectivity index (χ4v) is 1.64. The van der Waals surface area contributed by atoms with Crippen LogP contribution in [0.1, 0.15) is 5.56 Å². The second kappa shape index (κ2) is 6.74. The maximum atomic E-state index is 6.03. The summed E-state index contributed by atoms with van der Waals surface area (Å²) in [6, 6.07) is 5.85. The molecule has 0 atom stereocenters. The van der Waals surface area contributed by atoms with Crippen LogP contribution in [0, 0.1) is 0 Å². The van der Waals surface area contributed by atoms with E-state index in [2.05, 4.69) is 24.3 Å². The Balaban J connectivity index is 2.40. The number of rotatable bonds is 6. The molecular weight excluding hydrogens is 224 g/mol. The molecule has 0 aliphatic heterocycles. The van der Waals surface area contributed by atoms with Gasteiger partial charge in [-0.15, -0.1) is 0 Å². The van der Waals surface area contributed by atoms with Gasteiger partial charge in [0.25, 0.3) is 0 Å². The number of nitrogens with one attached hydrogen (secondary N) is 1. The van der Waals surface area contributed by atoms with Crippen LogP contribution in [0.25, 0.3) is 0 Å². The van der Waals surface area contributed by atoms with Crippen LogP contribution in [0.3, 0.4) is 0 Å². The van der Waals surface area contributed by atoms with E-state index in [4.69, 9.17) is 16.3 Å². The molecule has 4 heteroatoms. The molecule has 0 aliphatic carbocycles. The molecule has 1 N–H and O–H groups in total. The largest absolute Gasteiger partial charge is 0.495 e. The van der Waals surface area contributed by atoms with Gasteiger partial charge in [-0.3, -0.25) is 0 Å². The molecule has 0 radical (unpaired) electrons. The SMILES string of the molecule is COc1ccc(CNCCN(C)C)cc1Cl. The van der Waals surface area contributed by atoms with Gasteiger partial charge in [-0.05, 0) is 31.8 Å². The van der Waals surface area contributed by atoms with Crippen molar-refractivity contribution in [1.82, 2.24) is 10.2 Å². The molecule has 0 saturated carbocycles. The maximum absolute atomic E-state index is 6.03. The van der Waals surface area contributed by atoms with E-state index >= 15 is 0 Å². The van der Waals surface area contributed by atoms with Gasteiger partial charge in [0.1, 0.15) is 5.75 Å². The Bertz CT molecular complexity index is 329. The summed E-state index contributed by atoms with van der Waals surface area (Å²) in [5.74, 6) is 0.721. The number of methoxy groups -OCH3 is 1. The topological polar surface area (TPSA) is 24.5 Å². The lowest BCUT2D eigenvalue weighted by Crippen LogP contribution is -2.26. The standard InChI is InChI=1S/C12H19ClN2O/c1-15(2)7-6-14-9-10-4-5-12(16-3)11(13)8-10/h4-5,8,14H,6-7,9H2,1-3H3. The molecule has 90 valence electrons. The quantitative estimate of drug-likeness (QED) is 0.773. The van der Waals surface area contributed by atoms with Gasteiger partial charge in [0.15, 0.2) is 0 Å². The van der Waals surface area contributed by atoms with Crippen LogP contribution in [0.5, 0.6) is 5.75 Å². The van der Waals surface area contributed by atoms with E-state index < -0.39 is 0 Å². The first-order valence-electron chi connectivity index (χ1n) is 5.31. The number of ether oxygens (including phenoxy) is 1. The summed E-state index contributed by atoms with van der Waals surface area (Å²) in [5, 5.41) is 4.02. The van der Waals surface area contributed by atoms with E-state index in [0.29, 0.717) is 5.02 Å². The van der Waals surface area contributed by atoms with E-state index in [-0.39, 0.29) is 0 Å². The van der Waals surface area contributed by atoms with Crippen molar-refractivity contribution >= 4 is 11.6 Å². The van der Waals surface area contributed by atoms with Crippen molar-refractivity contribution in [3.8, 4) is 5.75 Å². The monoisotopic (exact) mass is 242 g/mol. The van der Waals surface area contributed by atoms with Crippen molar-refractivity contribution in [1.29, 1.82) is 0 Å². The Morgan fingerprint density at radius 2 is 2.12 bits per heavy atom. The van der Waals surface area contributed by atoms with Crippen molar-refractivity contribution < 1.29 is 4.74 Å². The van der Waals surface area contributed by atoms with Gasteiger partial charge in [0.05, 0.1) is 12.1 Å². The fraction of sp³-hybridized carbons (Fsp3) is 0.500. The molecule has 3 nitrogen and oxygen atoms in total. The minimum absolute atomic E-state index is 0.661. The molecule has 0 bridgehead atoms. The molecule has 1 aromatic rings. The van der Waals surface area contributed by atoms with Crippen LogP contribution < -0.4 is 10.1 Å². The van der Waals surface area contributed by atoms with Crippen LogP contribution in [0.4, 0.5) is 0 Å². The number of benzene rings is 1. The molecule has 0 spiro atoms. The average molecular weight is 243 g/mol. The van der Waals surface area contributed by atoms with Gasteiger partial charge in [0.2, 0.25) is 0 Å². The van der Waals surface area contributed by atoms with Crippen LogP contribution in [-0.2, 0) is 6.54 Å². The lowest BCUT2D eigenvalue weighted by atomic mass is 10.2. The average Bonchev–Trinajstić information content (AvgIpc) is 2.24. The van der Waals surface area contributed by atoms with E-state index in [9.17, 15) is 0 Å². The van der Waals surface area contributed by atoms with Gasteiger partial charge < -0.3 is 15.0 Å². The first-order chi connectivity index (χ1) is 7.63. The summed E-state index contributed by atoms with van der Waals surface area (Å²) < 4.78 is 5.10. The summed E-state index contributed by atoms with van der Waals surface area (Å²) in [4.78, 5) is 2.15. The summed E-state index contributed by atoms with van der Waals surface area (Å²) in [5.41, 5.74) is 1.17. The molecule has 0 fully saturated rings. The summed E-state index contributed by atoms with van der Waals surface area (Å²) in [7, 11) is 5.74. The number of nitrogens with zero attached hydrogens (tertiary/aromatic N) is 1. The Kier molecular flexibility index (Phi) is 5.60. The zero-order chi connectivity index (χ0) is 12.0. The Morgan fingerprint density at radius 1 is 1.38 bits per heavy atom. The highest BCUT2D eigenvalue weighted by atomic mass is 35.5. The molecule has 0 unspecified atom stereocenters. The van der Waals surface area contributed by atoms with Crippen LogP contribution >= 0.6 is 11.6 Å². The number of hydrogen-bond donors (Lipinski definition) is 1. The molecule has 0 saturated heterocycles. The van der Waals surface area contributed by atoms with Crippen LogP contribution in [-0.4, -0.2) is 39.2 Å². The molecule has 0 amide bonds. The predicted molar refractivity (Wildman–Crippen MR) is 68.3 cm³/mol. The second-order valence-corrected chi connectivity index (χ2v) is 4.36. The fourth-order valence-electron chi connectivity index (χ4n) is 1.36. The van der Waals surface area contributed by atoms with Gasteiger partial charge in [-0.1, -0.05) is 17.7 Å². The first kappa shape index (κ1) is 13.3. The second-order valence-electron chi connectivity index (χ2n) is 3.95. The number of hydrogen-bond acceptors (Lipinski definition) is 3. The predicted octanol–water partition coefficient (Wildman–Crippen LogP) is 2.00. The first-order valence-corrected chi connectivity index (χ1v) is 5.69. The zero-order valence-corrected chi connectivity index (χ0v) is 10.8. The van der Waals surface area contributed by atoms with Crippen molar-refractivity contribution in [2.24, 2.45) is 0 Å².